The van der Waals surface area contributed by atoms with E-state index in [0.717, 1.165) is 0 Å². The van der Waals surface area contributed by atoms with Gasteiger partial charge in [0.05, 0.1) is 23.8 Å². The highest BCUT2D eigenvalue weighted by Crippen LogP contribution is 2.34. The van der Waals surface area contributed by atoms with Crippen molar-refractivity contribution in [2.24, 2.45) is 0 Å². The van der Waals surface area contributed by atoms with Crippen LogP contribution in [0.1, 0.15) is 24.2 Å². The van der Waals surface area contributed by atoms with E-state index < -0.39 is 0 Å². The summed E-state index contributed by atoms with van der Waals surface area (Å²) in [4.78, 5) is 13.9. The maximum atomic E-state index is 12.3. The van der Waals surface area contributed by atoms with Crippen molar-refractivity contribution in [3.63, 3.8) is 0 Å². The molecule has 1 rings (SSSR count). The Morgan fingerprint density at radius 2 is 1.89 bits per heavy atom. The van der Waals surface area contributed by atoms with Gasteiger partial charge >= 0.3 is 0 Å². The highest BCUT2D eigenvalue weighted by molar-refractivity contribution is 6.37. The van der Waals surface area contributed by atoms with Crippen LogP contribution in [0.3, 0.4) is 0 Å². The topological polar surface area (TPSA) is 49.8 Å². The molecule has 0 heterocycles. The molecule has 0 aliphatic carbocycles. The van der Waals surface area contributed by atoms with Crippen LogP contribution >= 0.6 is 23.2 Å². The van der Waals surface area contributed by atoms with Crippen molar-refractivity contribution >= 4 is 29.1 Å². The molecule has 4 nitrogen and oxygen atoms in total. The van der Waals surface area contributed by atoms with E-state index >= 15 is 0 Å². The van der Waals surface area contributed by atoms with E-state index in [4.69, 9.17) is 33.0 Å². The average molecular weight is 306 g/mol. The Bertz CT molecular complexity index is 440. The zero-order chi connectivity index (χ0) is 14.6. The van der Waals surface area contributed by atoms with Gasteiger partial charge in [-0.25, -0.2) is 0 Å². The second-order valence-corrected chi connectivity index (χ2v) is 5.10. The molecular weight excluding hydrogens is 289 g/mol. The van der Waals surface area contributed by atoms with Gasteiger partial charge in [-0.15, -0.1) is 0 Å². The van der Waals surface area contributed by atoms with Crippen LogP contribution in [-0.2, 0) is 0 Å². The van der Waals surface area contributed by atoms with E-state index in [1.807, 2.05) is 13.8 Å². The number of benzene rings is 1. The van der Waals surface area contributed by atoms with E-state index in [-0.39, 0.29) is 35.1 Å². The first-order chi connectivity index (χ1) is 8.92. The maximum absolute atomic E-state index is 12.3. The lowest BCUT2D eigenvalue weighted by atomic mass is 10.1. The Morgan fingerprint density at radius 3 is 2.26 bits per heavy atom. The zero-order valence-electron chi connectivity index (χ0n) is 11.1. The Hall–Kier alpha value is -0.970. The van der Waals surface area contributed by atoms with Gasteiger partial charge in [0.25, 0.3) is 5.91 Å². The van der Waals surface area contributed by atoms with Gasteiger partial charge in [0.2, 0.25) is 0 Å². The molecule has 0 radical (unpaired) electrons. The molecule has 0 saturated heterocycles. The van der Waals surface area contributed by atoms with Gasteiger partial charge in [-0.05, 0) is 26.0 Å². The molecule has 6 heteroatoms. The van der Waals surface area contributed by atoms with Crippen molar-refractivity contribution in [2.45, 2.75) is 19.9 Å². The number of hydrogen-bond acceptors (Lipinski definition) is 3. The van der Waals surface area contributed by atoms with Crippen molar-refractivity contribution in [1.29, 1.82) is 0 Å². The molecule has 1 amide bonds. The molecule has 0 bridgehead atoms. The van der Waals surface area contributed by atoms with Crippen LogP contribution in [-0.4, -0.2) is 42.2 Å². The van der Waals surface area contributed by atoms with Crippen LogP contribution in [0.2, 0.25) is 10.0 Å². The average Bonchev–Trinajstić information content (AvgIpc) is 2.34. The minimum Gasteiger partial charge on any atom is -0.494 e. The zero-order valence-corrected chi connectivity index (χ0v) is 12.6. The van der Waals surface area contributed by atoms with Crippen LogP contribution in [0, 0.1) is 0 Å². The van der Waals surface area contributed by atoms with E-state index in [9.17, 15) is 4.79 Å². The first-order valence-corrected chi connectivity index (χ1v) is 6.62. The summed E-state index contributed by atoms with van der Waals surface area (Å²) in [6, 6.07) is 3.00. The Labute approximate surface area is 122 Å². The Kier molecular flexibility index (Phi) is 5.91. The lowest BCUT2D eigenvalue weighted by Crippen LogP contribution is -2.39. The lowest BCUT2D eigenvalue weighted by molar-refractivity contribution is 0.0665. The molecule has 0 saturated carbocycles. The number of ether oxygens (including phenoxy) is 1. The summed E-state index contributed by atoms with van der Waals surface area (Å²) < 4.78 is 5.04. The second-order valence-electron chi connectivity index (χ2n) is 4.29. The van der Waals surface area contributed by atoms with E-state index in [0.29, 0.717) is 11.3 Å². The van der Waals surface area contributed by atoms with Gasteiger partial charge < -0.3 is 14.7 Å². The summed E-state index contributed by atoms with van der Waals surface area (Å²) >= 11 is 12.0. The molecule has 0 unspecified atom stereocenters. The predicted molar refractivity (Wildman–Crippen MR) is 76.3 cm³/mol. The number of amides is 1. The first kappa shape index (κ1) is 16.1. The highest BCUT2D eigenvalue weighted by Gasteiger charge is 2.20. The van der Waals surface area contributed by atoms with E-state index in [1.54, 1.807) is 4.90 Å². The minimum absolute atomic E-state index is 0.0284. The summed E-state index contributed by atoms with van der Waals surface area (Å²) in [5.74, 6) is 0.119. The number of nitrogens with zero attached hydrogens (tertiary/aromatic N) is 1. The van der Waals surface area contributed by atoms with Crippen LogP contribution in [0.25, 0.3) is 0 Å². The summed E-state index contributed by atoms with van der Waals surface area (Å²) in [6.07, 6.45) is 0. The van der Waals surface area contributed by atoms with Gasteiger partial charge in [0.1, 0.15) is 0 Å². The molecule has 19 heavy (non-hydrogen) atoms. The normalized spacial score (nSPS) is 10.7. The number of aliphatic hydroxyl groups excluding tert-OH is 1. The van der Waals surface area contributed by atoms with Gasteiger partial charge in [0, 0.05) is 18.2 Å². The first-order valence-electron chi connectivity index (χ1n) is 5.87. The summed E-state index contributed by atoms with van der Waals surface area (Å²) in [5, 5.41) is 9.57. The van der Waals surface area contributed by atoms with Crippen molar-refractivity contribution in [3.8, 4) is 5.75 Å². The Morgan fingerprint density at radius 1 is 1.37 bits per heavy atom. The minimum atomic E-state index is -0.226. The van der Waals surface area contributed by atoms with Crippen LogP contribution in [0.15, 0.2) is 12.1 Å². The molecule has 0 spiro atoms. The van der Waals surface area contributed by atoms with Crippen molar-refractivity contribution in [1.82, 2.24) is 4.90 Å². The standard InChI is InChI=1S/C13H17Cl2NO3/c1-8(2)16(4-5-17)13(18)9-6-10(14)12(19-3)11(15)7-9/h6-8,17H,4-5H2,1-3H3. The molecule has 0 aliphatic rings. The fraction of sp³-hybridized carbons (Fsp3) is 0.462. The Balaban J connectivity index is 3.12. The van der Waals surface area contributed by atoms with Gasteiger partial charge in [-0.1, -0.05) is 23.2 Å². The number of aliphatic hydroxyl groups is 1. The van der Waals surface area contributed by atoms with Gasteiger partial charge in [0.15, 0.2) is 5.75 Å². The molecule has 1 aromatic rings. The molecule has 1 N–H and O–H groups in total. The van der Waals surface area contributed by atoms with Crippen LogP contribution in [0.5, 0.6) is 5.75 Å². The van der Waals surface area contributed by atoms with Crippen LogP contribution in [0.4, 0.5) is 0 Å². The molecule has 0 fully saturated rings. The van der Waals surface area contributed by atoms with Crippen molar-refractivity contribution < 1.29 is 14.6 Å². The van der Waals surface area contributed by atoms with E-state index in [1.165, 1.54) is 19.2 Å². The monoisotopic (exact) mass is 305 g/mol. The maximum Gasteiger partial charge on any atom is 0.254 e. The van der Waals surface area contributed by atoms with Gasteiger partial charge in [-0.2, -0.15) is 0 Å². The second kappa shape index (κ2) is 6.98. The van der Waals surface area contributed by atoms with E-state index in [2.05, 4.69) is 0 Å². The number of methoxy groups -OCH3 is 1. The predicted octanol–water partition coefficient (Wildman–Crippen LogP) is 2.84. The SMILES string of the molecule is COc1c(Cl)cc(C(=O)N(CCO)C(C)C)cc1Cl. The third kappa shape index (κ3) is 3.75. The molecule has 1 aromatic carbocycles. The number of rotatable bonds is 5. The quantitative estimate of drug-likeness (QED) is 0.910. The molecular formula is C13H17Cl2NO3. The van der Waals surface area contributed by atoms with Crippen LogP contribution < -0.4 is 4.74 Å². The number of halogens is 2. The summed E-state index contributed by atoms with van der Waals surface area (Å²) in [5.41, 5.74) is 0.373. The molecule has 0 aliphatic heterocycles. The third-order valence-electron chi connectivity index (χ3n) is 2.67. The summed E-state index contributed by atoms with van der Waals surface area (Å²) in [6.45, 7) is 3.92. The number of carbonyl (C=O) groups excluding carboxylic acids is 1. The molecule has 0 aromatic heterocycles. The number of hydrogen-bond donors (Lipinski definition) is 1. The fourth-order valence-corrected chi connectivity index (χ4v) is 2.39. The largest absolute Gasteiger partial charge is 0.494 e. The third-order valence-corrected chi connectivity index (χ3v) is 3.24. The molecule has 106 valence electrons. The lowest BCUT2D eigenvalue weighted by Gasteiger charge is -2.26. The highest BCUT2D eigenvalue weighted by atomic mass is 35.5. The number of carbonyl (C=O) groups is 1. The van der Waals surface area contributed by atoms with Crippen molar-refractivity contribution in [3.05, 3.63) is 27.7 Å². The van der Waals surface area contributed by atoms with Crippen molar-refractivity contribution in [2.75, 3.05) is 20.3 Å². The molecule has 0 atom stereocenters. The fourth-order valence-electron chi connectivity index (χ4n) is 1.75. The smallest absolute Gasteiger partial charge is 0.254 e. The van der Waals surface area contributed by atoms with Gasteiger partial charge in [-0.3, -0.25) is 4.79 Å². The summed E-state index contributed by atoms with van der Waals surface area (Å²) in [7, 11) is 1.46.